The molecule has 4 heteroatoms. The van der Waals surface area contributed by atoms with Crippen LogP contribution in [0.25, 0.3) is 0 Å². The van der Waals surface area contributed by atoms with Crippen LogP contribution in [0.2, 0.25) is 0 Å². The molecule has 0 aliphatic carbocycles. The minimum absolute atomic E-state index is 0.970. The van der Waals surface area contributed by atoms with Crippen molar-refractivity contribution in [3.63, 3.8) is 0 Å². The summed E-state index contributed by atoms with van der Waals surface area (Å²) in [7, 11) is 1.95. The fourth-order valence-corrected chi connectivity index (χ4v) is 2.66. The number of hydrogen-bond donors (Lipinski definition) is 1. The molecular formula is C13H19N3S. The molecule has 17 heavy (non-hydrogen) atoms. The number of aryl methyl sites for hydroxylation is 2. The van der Waals surface area contributed by atoms with Crippen LogP contribution in [0.5, 0.6) is 0 Å². The molecule has 0 spiro atoms. The van der Waals surface area contributed by atoms with Crippen LogP contribution in [0.15, 0.2) is 24.4 Å². The van der Waals surface area contributed by atoms with Gasteiger partial charge in [0.15, 0.2) is 0 Å². The molecule has 0 aliphatic rings. The Morgan fingerprint density at radius 1 is 1.29 bits per heavy atom. The molecule has 0 aliphatic heterocycles. The van der Waals surface area contributed by atoms with E-state index in [1.165, 1.54) is 9.75 Å². The van der Waals surface area contributed by atoms with E-state index in [1.807, 2.05) is 29.3 Å². The standard InChI is InChI=1S/C13H19N3S/c1-3-12-4-5-13(17-12)10-14-8-6-11-7-9-16(2)15-11/h4-5,7,9,14H,3,6,8,10H2,1-2H3. The van der Waals surface area contributed by atoms with Crippen molar-refractivity contribution in [3.05, 3.63) is 39.8 Å². The second-order valence-corrected chi connectivity index (χ2v) is 5.38. The predicted octanol–water partition coefficient (Wildman–Crippen LogP) is 2.38. The fourth-order valence-electron chi connectivity index (χ4n) is 1.73. The molecule has 2 rings (SSSR count). The number of thiophene rings is 1. The predicted molar refractivity (Wildman–Crippen MR) is 72.3 cm³/mol. The van der Waals surface area contributed by atoms with Gasteiger partial charge in [0, 0.05) is 42.5 Å². The van der Waals surface area contributed by atoms with Crippen LogP contribution in [-0.2, 0) is 26.4 Å². The fraction of sp³-hybridized carbons (Fsp3) is 0.462. The Hall–Kier alpha value is -1.13. The van der Waals surface area contributed by atoms with Gasteiger partial charge in [-0.25, -0.2) is 0 Å². The highest BCUT2D eigenvalue weighted by molar-refractivity contribution is 7.11. The van der Waals surface area contributed by atoms with E-state index in [2.05, 4.69) is 35.5 Å². The molecule has 0 unspecified atom stereocenters. The van der Waals surface area contributed by atoms with E-state index in [-0.39, 0.29) is 0 Å². The van der Waals surface area contributed by atoms with Crippen LogP contribution < -0.4 is 5.32 Å². The van der Waals surface area contributed by atoms with Crippen molar-refractivity contribution >= 4 is 11.3 Å². The average Bonchev–Trinajstić information content (AvgIpc) is 2.93. The summed E-state index contributed by atoms with van der Waals surface area (Å²) in [6.07, 6.45) is 4.12. The van der Waals surface area contributed by atoms with Crippen LogP contribution in [0.3, 0.4) is 0 Å². The summed E-state index contributed by atoms with van der Waals surface area (Å²) in [5.74, 6) is 0. The van der Waals surface area contributed by atoms with Gasteiger partial charge < -0.3 is 5.32 Å². The lowest BCUT2D eigenvalue weighted by Crippen LogP contribution is -2.16. The molecule has 92 valence electrons. The van der Waals surface area contributed by atoms with Crippen molar-refractivity contribution in [3.8, 4) is 0 Å². The van der Waals surface area contributed by atoms with Crippen LogP contribution in [-0.4, -0.2) is 16.3 Å². The Morgan fingerprint density at radius 3 is 2.76 bits per heavy atom. The zero-order valence-electron chi connectivity index (χ0n) is 10.4. The Morgan fingerprint density at radius 2 is 2.12 bits per heavy atom. The van der Waals surface area contributed by atoms with Crippen LogP contribution in [0.1, 0.15) is 22.4 Å². The van der Waals surface area contributed by atoms with E-state index in [0.717, 1.165) is 31.6 Å². The SMILES string of the molecule is CCc1ccc(CNCCc2ccn(C)n2)s1. The Balaban J connectivity index is 1.69. The molecule has 2 heterocycles. The van der Waals surface area contributed by atoms with Gasteiger partial charge in [0.25, 0.3) is 0 Å². The molecule has 1 N–H and O–H groups in total. The number of hydrogen-bond acceptors (Lipinski definition) is 3. The largest absolute Gasteiger partial charge is 0.311 e. The number of nitrogens with zero attached hydrogens (tertiary/aromatic N) is 2. The van der Waals surface area contributed by atoms with Gasteiger partial charge >= 0.3 is 0 Å². The minimum Gasteiger partial charge on any atom is -0.311 e. The Labute approximate surface area is 106 Å². The lowest BCUT2D eigenvalue weighted by atomic mass is 10.3. The normalized spacial score (nSPS) is 10.9. The molecule has 0 fully saturated rings. The first kappa shape index (κ1) is 12.3. The minimum atomic E-state index is 0.970. The van der Waals surface area contributed by atoms with Crippen molar-refractivity contribution in [1.29, 1.82) is 0 Å². The maximum Gasteiger partial charge on any atom is 0.0637 e. The van der Waals surface area contributed by atoms with Gasteiger partial charge in [0.05, 0.1) is 5.69 Å². The summed E-state index contributed by atoms with van der Waals surface area (Å²) in [4.78, 5) is 2.88. The molecule has 3 nitrogen and oxygen atoms in total. The quantitative estimate of drug-likeness (QED) is 0.797. The summed E-state index contributed by atoms with van der Waals surface area (Å²) < 4.78 is 1.85. The molecule has 2 aromatic heterocycles. The second-order valence-electron chi connectivity index (χ2n) is 4.13. The molecule has 2 aromatic rings. The third-order valence-electron chi connectivity index (χ3n) is 2.69. The van der Waals surface area contributed by atoms with Crippen LogP contribution in [0, 0.1) is 0 Å². The van der Waals surface area contributed by atoms with E-state index in [1.54, 1.807) is 0 Å². The highest BCUT2D eigenvalue weighted by Gasteiger charge is 1.99. The monoisotopic (exact) mass is 249 g/mol. The second kappa shape index (κ2) is 5.98. The molecule has 0 bridgehead atoms. The van der Waals surface area contributed by atoms with E-state index < -0.39 is 0 Å². The van der Waals surface area contributed by atoms with E-state index in [4.69, 9.17) is 0 Å². The molecule has 0 saturated heterocycles. The smallest absolute Gasteiger partial charge is 0.0637 e. The van der Waals surface area contributed by atoms with Crippen molar-refractivity contribution in [1.82, 2.24) is 15.1 Å². The highest BCUT2D eigenvalue weighted by atomic mass is 32.1. The Kier molecular flexibility index (Phi) is 4.34. The molecule has 0 aromatic carbocycles. The van der Waals surface area contributed by atoms with Crippen molar-refractivity contribution in [2.24, 2.45) is 7.05 Å². The van der Waals surface area contributed by atoms with Gasteiger partial charge in [-0.15, -0.1) is 11.3 Å². The van der Waals surface area contributed by atoms with E-state index in [9.17, 15) is 0 Å². The highest BCUT2D eigenvalue weighted by Crippen LogP contribution is 2.16. The lowest BCUT2D eigenvalue weighted by Gasteiger charge is -2.00. The Bertz CT molecular complexity index is 459. The number of nitrogens with one attached hydrogen (secondary N) is 1. The summed E-state index contributed by atoms with van der Waals surface area (Å²) >= 11 is 1.90. The van der Waals surface area contributed by atoms with Gasteiger partial charge in [0.1, 0.15) is 0 Å². The van der Waals surface area contributed by atoms with Crippen molar-refractivity contribution < 1.29 is 0 Å². The van der Waals surface area contributed by atoms with Gasteiger partial charge in [-0.3, -0.25) is 4.68 Å². The van der Waals surface area contributed by atoms with Gasteiger partial charge in [-0.2, -0.15) is 5.10 Å². The average molecular weight is 249 g/mol. The molecule has 0 saturated carbocycles. The van der Waals surface area contributed by atoms with Crippen molar-refractivity contribution in [2.45, 2.75) is 26.3 Å². The summed E-state index contributed by atoms with van der Waals surface area (Å²) in [6.45, 7) is 4.15. The van der Waals surface area contributed by atoms with E-state index >= 15 is 0 Å². The third kappa shape index (κ3) is 3.68. The molecule has 0 atom stereocenters. The van der Waals surface area contributed by atoms with E-state index in [0.29, 0.717) is 0 Å². The zero-order chi connectivity index (χ0) is 12.1. The number of aromatic nitrogens is 2. The molecular weight excluding hydrogens is 230 g/mol. The first-order valence-corrected chi connectivity index (χ1v) is 6.86. The van der Waals surface area contributed by atoms with Gasteiger partial charge in [-0.05, 0) is 24.6 Å². The first-order valence-electron chi connectivity index (χ1n) is 6.04. The van der Waals surface area contributed by atoms with Crippen molar-refractivity contribution in [2.75, 3.05) is 6.54 Å². The van der Waals surface area contributed by atoms with Gasteiger partial charge in [-0.1, -0.05) is 6.92 Å². The topological polar surface area (TPSA) is 29.9 Å². The maximum absolute atomic E-state index is 4.35. The van der Waals surface area contributed by atoms with Crippen LogP contribution >= 0.6 is 11.3 Å². The zero-order valence-corrected chi connectivity index (χ0v) is 11.3. The van der Waals surface area contributed by atoms with Crippen LogP contribution in [0.4, 0.5) is 0 Å². The summed E-state index contributed by atoms with van der Waals surface area (Å²) in [5, 5.41) is 7.81. The lowest BCUT2D eigenvalue weighted by molar-refractivity contribution is 0.670. The summed E-state index contributed by atoms with van der Waals surface area (Å²) in [5.41, 5.74) is 1.15. The maximum atomic E-state index is 4.35. The third-order valence-corrected chi connectivity index (χ3v) is 3.92. The molecule has 0 amide bonds. The number of rotatable bonds is 6. The first-order chi connectivity index (χ1) is 8.28. The summed E-state index contributed by atoms with van der Waals surface area (Å²) in [6, 6.07) is 6.51. The molecule has 0 radical (unpaired) electrons. The van der Waals surface area contributed by atoms with Gasteiger partial charge in [0.2, 0.25) is 0 Å².